The highest BCUT2D eigenvalue weighted by atomic mass is 16.3. The van der Waals surface area contributed by atoms with E-state index in [1.165, 1.54) is 0 Å². The van der Waals surface area contributed by atoms with Gasteiger partial charge >= 0.3 is 0 Å². The minimum atomic E-state index is 0.108. The van der Waals surface area contributed by atoms with E-state index in [0.29, 0.717) is 11.8 Å². The number of hydrogen-bond donors (Lipinski definition) is 1. The van der Waals surface area contributed by atoms with Crippen molar-refractivity contribution in [3.63, 3.8) is 0 Å². The van der Waals surface area contributed by atoms with Crippen molar-refractivity contribution in [1.29, 1.82) is 0 Å². The average molecular weight is 224 g/mol. The summed E-state index contributed by atoms with van der Waals surface area (Å²) in [5.74, 6) is 2.01. The maximum absolute atomic E-state index is 5.50. The number of hydrogen-bond acceptors (Lipinski definition) is 3. The van der Waals surface area contributed by atoms with Crippen molar-refractivity contribution in [2.75, 3.05) is 0 Å². The quantitative estimate of drug-likeness (QED) is 0.852. The molecule has 0 saturated heterocycles. The summed E-state index contributed by atoms with van der Waals surface area (Å²) in [7, 11) is 0. The predicted molar refractivity (Wildman–Crippen MR) is 66.3 cm³/mol. The van der Waals surface area contributed by atoms with Crippen molar-refractivity contribution in [2.24, 2.45) is 5.92 Å². The van der Waals surface area contributed by atoms with Crippen LogP contribution < -0.4 is 5.32 Å². The second-order valence-electron chi connectivity index (χ2n) is 5.80. The molecule has 0 amide bonds. The zero-order valence-electron chi connectivity index (χ0n) is 11.3. The summed E-state index contributed by atoms with van der Waals surface area (Å²) in [4.78, 5) is 4.29. The molecule has 92 valence electrons. The molecule has 3 heteroatoms. The molecule has 1 unspecified atom stereocenters. The summed E-state index contributed by atoms with van der Waals surface area (Å²) < 4.78 is 5.50. The van der Waals surface area contributed by atoms with E-state index >= 15 is 0 Å². The minimum Gasteiger partial charge on any atom is -0.448 e. The fraction of sp³-hybridized carbons (Fsp3) is 0.769. The van der Waals surface area contributed by atoms with Crippen LogP contribution in [0.15, 0.2) is 10.8 Å². The first-order chi connectivity index (χ1) is 7.31. The lowest BCUT2D eigenvalue weighted by atomic mass is 9.94. The smallest absolute Gasteiger partial charge is 0.181 e. The maximum Gasteiger partial charge on any atom is 0.181 e. The summed E-state index contributed by atoms with van der Waals surface area (Å²) in [5.41, 5.74) is 1.15. The van der Waals surface area contributed by atoms with Crippen LogP contribution in [0, 0.1) is 5.92 Å². The molecule has 1 heterocycles. The van der Waals surface area contributed by atoms with Crippen LogP contribution in [-0.4, -0.2) is 10.5 Å². The largest absolute Gasteiger partial charge is 0.448 e. The Balaban J connectivity index is 2.71. The van der Waals surface area contributed by atoms with E-state index < -0.39 is 0 Å². The highest BCUT2D eigenvalue weighted by molar-refractivity contribution is 5.12. The van der Waals surface area contributed by atoms with Gasteiger partial charge in [0.1, 0.15) is 5.76 Å². The van der Waals surface area contributed by atoms with Gasteiger partial charge in [-0.1, -0.05) is 20.8 Å². The molecule has 1 aromatic rings. The summed E-state index contributed by atoms with van der Waals surface area (Å²) in [6, 6.07) is 0. The first kappa shape index (κ1) is 13.2. The van der Waals surface area contributed by atoms with Gasteiger partial charge in [-0.25, -0.2) is 4.98 Å². The van der Waals surface area contributed by atoms with Crippen molar-refractivity contribution in [1.82, 2.24) is 10.3 Å². The third kappa shape index (κ3) is 3.63. The van der Waals surface area contributed by atoms with Gasteiger partial charge in [0.2, 0.25) is 0 Å². The molecule has 0 radical (unpaired) electrons. The van der Waals surface area contributed by atoms with Crippen LogP contribution in [0.5, 0.6) is 0 Å². The monoisotopic (exact) mass is 224 g/mol. The molecule has 0 fully saturated rings. The van der Waals surface area contributed by atoms with E-state index in [1.54, 1.807) is 6.39 Å². The van der Waals surface area contributed by atoms with Crippen LogP contribution in [-0.2, 0) is 6.54 Å². The zero-order chi connectivity index (χ0) is 12.3. The zero-order valence-corrected chi connectivity index (χ0v) is 11.3. The predicted octanol–water partition coefficient (Wildman–Crippen LogP) is 3.32. The first-order valence-electron chi connectivity index (χ1n) is 5.98. The van der Waals surface area contributed by atoms with Crippen LogP contribution in [0.3, 0.4) is 0 Å². The minimum absolute atomic E-state index is 0.108. The molecule has 0 aromatic carbocycles. The molecule has 1 atom stereocenters. The van der Waals surface area contributed by atoms with Crippen molar-refractivity contribution >= 4 is 0 Å². The van der Waals surface area contributed by atoms with E-state index in [2.05, 4.69) is 51.8 Å². The van der Waals surface area contributed by atoms with Crippen molar-refractivity contribution in [3.8, 4) is 0 Å². The van der Waals surface area contributed by atoms with E-state index in [1.807, 2.05) is 0 Å². The van der Waals surface area contributed by atoms with E-state index in [-0.39, 0.29) is 5.54 Å². The van der Waals surface area contributed by atoms with E-state index in [9.17, 15) is 0 Å². The van der Waals surface area contributed by atoms with Gasteiger partial charge in [-0.3, -0.25) is 0 Å². The Morgan fingerprint density at radius 1 is 1.31 bits per heavy atom. The Morgan fingerprint density at radius 3 is 2.44 bits per heavy atom. The van der Waals surface area contributed by atoms with Gasteiger partial charge in [-0.05, 0) is 26.7 Å². The van der Waals surface area contributed by atoms with Crippen molar-refractivity contribution in [3.05, 3.63) is 17.8 Å². The summed E-state index contributed by atoms with van der Waals surface area (Å²) >= 11 is 0. The normalized spacial score (nSPS) is 14.4. The fourth-order valence-corrected chi connectivity index (χ4v) is 1.43. The van der Waals surface area contributed by atoms with Crippen LogP contribution in [0.2, 0.25) is 0 Å². The second-order valence-corrected chi connectivity index (χ2v) is 5.80. The molecule has 16 heavy (non-hydrogen) atoms. The summed E-state index contributed by atoms with van der Waals surface area (Å²) in [5, 5.41) is 3.44. The molecular weight excluding hydrogens is 200 g/mol. The van der Waals surface area contributed by atoms with Gasteiger partial charge in [0.25, 0.3) is 0 Å². The van der Waals surface area contributed by atoms with Crippen LogP contribution in [0.4, 0.5) is 0 Å². The van der Waals surface area contributed by atoms with Gasteiger partial charge in [0.15, 0.2) is 6.39 Å². The lowest BCUT2D eigenvalue weighted by Gasteiger charge is -2.21. The van der Waals surface area contributed by atoms with Gasteiger partial charge in [0, 0.05) is 18.0 Å². The summed E-state index contributed by atoms with van der Waals surface area (Å²) in [6.07, 6.45) is 1.55. The number of nitrogens with zero attached hydrogens (tertiary/aromatic N) is 1. The van der Waals surface area contributed by atoms with E-state index in [4.69, 9.17) is 4.42 Å². The average Bonchev–Trinajstić information content (AvgIpc) is 2.59. The topological polar surface area (TPSA) is 38.1 Å². The Bertz CT molecular complexity index is 323. The number of rotatable bonds is 4. The van der Waals surface area contributed by atoms with Gasteiger partial charge in [0.05, 0.1) is 5.69 Å². The van der Waals surface area contributed by atoms with Crippen molar-refractivity contribution in [2.45, 2.75) is 59.5 Å². The molecule has 0 saturated carbocycles. The highest BCUT2D eigenvalue weighted by Crippen LogP contribution is 2.26. The SMILES string of the molecule is CC(C)C(C)c1ocnc1CNC(C)(C)C. The standard InChI is InChI=1S/C13H24N2O/c1-9(2)10(3)12-11(14-8-16-12)7-15-13(4,5)6/h8-10,15H,7H2,1-6H3. The fourth-order valence-electron chi connectivity index (χ4n) is 1.43. The molecule has 0 bridgehead atoms. The first-order valence-corrected chi connectivity index (χ1v) is 5.98. The van der Waals surface area contributed by atoms with Crippen LogP contribution in [0.1, 0.15) is 58.9 Å². The Kier molecular flexibility index (Phi) is 4.14. The van der Waals surface area contributed by atoms with Crippen molar-refractivity contribution < 1.29 is 4.42 Å². The van der Waals surface area contributed by atoms with Crippen LogP contribution in [0.25, 0.3) is 0 Å². The summed E-state index contributed by atoms with van der Waals surface area (Å²) in [6.45, 7) is 13.8. The number of nitrogens with one attached hydrogen (secondary N) is 1. The van der Waals surface area contributed by atoms with Gasteiger partial charge in [-0.2, -0.15) is 0 Å². The van der Waals surface area contributed by atoms with Gasteiger partial charge < -0.3 is 9.73 Å². The lowest BCUT2D eigenvalue weighted by Crippen LogP contribution is -2.35. The molecular formula is C13H24N2O. The molecule has 1 rings (SSSR count). The molecule has 0 spiro atoms. The Hall–Kier alpha value is -0.830. The lowest BCUT2D eigenvalue weighted by molar-refractivity contribution is 0.394. The molecule has 0 aliphatic heterocycles. The van der Waals surface area contributed by atoms with Gasteiger partial charge in [-0.15, -0.1) is 0 Å². The molecule has 1 N–H and O–H groups in total. The Labute approximate surface area is 98.6 Å². The molecule has 3 nitrogen and oxygen atoms in total. The third-order valence-corrected chi connectivity index (χ3v) is 2.87. The Morgan fingerprint density at radius 2 is 1.94 bits per heavy atom. The highest BCUT2D eigenvalue weighted by Gasteiger charge is 2.19. The third-order valence-electron chi connectivity index (χ3n) is 2.87. The van der Waals surface area contributed by atoms with Crippen LogP contribution >= 0.6 is 0 Å². The maximum atomic E-state index is 5.50. The second kappa shape index (κ2) is 5.00. The molecule has 0 aliphatic rings. The number of oxazole rings is 1. The van der Waals surface area contributed by atoms with E-state index in [0.717, 1.165) is 18.0 Å². The molecule has 1 aromatic heterocycles. The molecule has 0 aliphatic carbocycles. The number of aromatic nitrogens is 1.